The summed E-state index contributed by atoms with van der Waals surface area (Å²) in [5.41, 5.74) is 5.46. The Morgan fingerprint density at radius 1 is 1.26 bits per heavy atom. The lowest BCUT2D eigenvalue weighted by molar-refractivity contribution is -0.128. The Balaban J connectivity index is 2.42. The maximum atomic E-state index is 12.3. The van der Waals surface area contributed by atoms with E-state index in [1.165, 1.54) is 11.1 Å². The van der Waals surface area contributed by atoms with E-state index in [4.69, 9.17) is 5.84 Å². The lowest BCUT2D eigenvalue weighted by Crippen LogP contribution is -2.52. The summed E-state index contributed by atoms with van der Waals surface area (Å²) in [5.74, 6) is 5.35. The molecule has 2 rings (SSSR count). The lowest BCUT2D eigenvalue weighted by atomic mass is 9.71. The van der Waals surface area contributed by atoms with E-state index in [9.17, 15) is 4.79 Å². The normalized spacial score (nSPS) is 19.2. The van der Waals surface area contributed by atoms with Crippen molar-refractivity contribution in [2.24, 2.45) is 5.84 Å². The zero-order chi connectivity index (χ0) is 14.0. The van der Waals surface area contributed by atoms with Gasteiger partial charge in [0.05, 0.1) is 5.41 Å². The molecule has 0 bridgehead atoms. The van der Waals surface area contributed by atoms with Gasteiger partial charge in [0.25, 0.3) is 0 Å². The molecule has 1 amide bonds. The van der Waals surface area contributed by atoms with Crippen LogP contribution in [0.4, 0.5) is 0 Å². The zero-order valence-electron chi connectivity index (χ0n) is 12.0. The van der Waals surface area contributed by atoms with Crippen LogP contribution in [-0.2, 0) is 10.2 Å². The molecule has 4 heteroatoms. The second-order valence-corrected chi connectivity index (χ2v) is 5.66. The second kappa shape index (κ2) is 5.31. The lowest BCUT2D eigenvalue weighted by Gasteiger charge is -2.39. The highest BCUT2D eigenvalue weighted by molar-refractivity contribution is 5.88. The summed E-state index contributed by atoms with van der Waals surface area (Å²) in [6.07, 6.45) is 1.63. The summed E-state index contributed by atoms with van der Waals surface area (Å²) in [7, 11) is 2.09. The number of carbonyl (C=O) groups is 1. The van der Waals surface area contributed by atoms with Gasteiger partial charge in [-0.25, -0.2) is 5.84 Å². The van der Waals surface area contributed by atoms with Gasteiger partial charge >= 0.3 is 0 Å². The largest absolute Gasteiger partial charge is 0.306 e. The Morgan fingerprint density at radius 3 is 2.42 bits per heavy atom. The molecule has 0 radical (unpaired) electrons. The number of carbonyl (C=O) groups excluding carboxylic acids is 1. The standard InChI is InChI=1S/C15H23N3O/c1-11-4-5-13(10-12(11)2)15(14(19)17-16)6-8-18(3)9-7-15/h4-5,10H,6-9,16H2,1-3H3,(H,17,19). The number of rotatable bonds is 2. The number of nitrogens with one attached hydrogen (secondary N) is 1. The minimum Gasteiger partial charge on any atom is -0.306 e. The van der Waals surface area contributed by atoms with E-state index in [1.807, 2.05) is 0 Å². The fourth-order valence-corrected chi connectivity index (χ4v) is 2.82. The Hall–Kier alpha value is -1.39. The molecule has 1 saturated heterocycles. The van der Waals surface area contributed by atoms with Gasteiger partial charge in [-0.2, -0.15) is 0 Å². The molecule has 1 aliphatic rings. The van der Waals surface area contributed by atoms with E-state index in [-0.39, 0.29) is 5.91 Å². The van der Waals surface area contributed by atoms with E-state index in [2.05, 4.69) is 49.4 Å². The summed E-state index contributed by atoms with van der Waals surface area (Å²) in [6.45, 7) is 6.01. The molecule has 104 valence electrons. The third kappa shape index (κ3) is 2.51. The van der Waals surface area contributed by atoms with Crippen molar-refractivity contribution in [3.05, 3.63) is 34.9 Å². The van der Waals surface area contributed by atoms with Gasteiger partial charge in [-0.15, -0.1) is 0 Å². The number of benzene rings is 1. The van der Waals surface area contributed by atoms with Crippen molar-refractivity contribution in [3.63, 3.8) is 0 Å². The molecule has 0 saturated carbocycles. The molecule has 3 N–H and O–H groups in total. The molecule has 0 spiro atoms. The molecular weight excluding hydrogens is 238 g/mol. The van der Waals surface area contributed by atoms with Gasteiger partial charge < -0.3 is 4.90 Å². The maximum Gasteiger partial charge on any atom is 0.244 e. The average molecular weight is 261 g/mol. The van der Waals surface area contributed by atoms with Gasteiger partial charge in [0.1, 0.15) is 0 Å². The SMILES string of the molecule is Cc1ccc(C2(C(=O)NN)CCN(C)CC2)cc1C. The van der Waals surface area contributed by atoms with Crippen molar-refractivity contribution >= 4 is 5.91 Å². The van der Waals surface area contributed by atoms with Crippen molar-refractivity contribution < 1.29 is 4.79 Å². The highest BCUT2D eigenvalue weighted by atomic mass is 16.2. The number of likely N-dealkylation sites (tertiary alicyclic amines) is 1. The topological polar surface area (TPSA) is 58.4 Å². The number of amides is 1. The quantitative estimate of drug-likeness (QED) is 0.479. The summed E-state index contributed by atoms with van der Waals surface area (Å²) in [4.78, 5) is 14.6. The first-order valence-corrected chi connectivity index (χ1v) is 6.77. The van der Waals surface area contributed by atoms with Crippen molar-refractivity contribution in [2.75, 3.05) is 20.1 Å². The van der Waals surface area contributed by atoms with E-state index < -0.39 is 5.41 Å². The van der Waals surface area contributed by atoms with E-state index in [0.29, 0.717) is 0 Å². The van der Waals surface area contributed by atoms with Gasteiger partial charge in [-0.05, 0) is 63.5 Å². The smallest absolute Gasteiger partial charge is 0.244 e. The van der Waals surface area contributed by atoms with E-state index in [1.54, 1.807) is 0 Å². The Labute approximate surface area is 114 Å². The number of piperidine rings is 1. The molecule has 0 aromatic heterocycles. The van der Waals surface area contributed by atoms with Crippen LogP contribution in [0.15, 0.2) is 18.2 Å². The molecule has 0 unspecified atom stereocenters. The first-order valence-electron chi connectivity index (χ1n) is 6.77. The van der Waals surface area contributed by atoms with Gasteiger partial charge in [-0.3, -0.25) is 10.2 Å². The van der Waals surface area contributed by atoms with E-state index >= 15 is 0 Å². The van der Waals surface area contributed by atoms with Crippen LogP contribution in [0, 0.1) is 13.8 Å². The predicted octanol–water partition coefficient (Wildman–Crippen LogP) is 1.26. The number of nitrogens with two attached hydrogens (primary N) is 1. The number of nitrogens with zero attached hydrogens (tertiary/aromatic N) is 1. The molecule has 1 aromatic carbocycles. The molecular formula is C15H23N3O. The molecule has 0 aliphatic carbocycles. The highest BCUT2D eigenvalue weighted by Crippen LogP contribution is 2.36. The molecule has 19 heavy (non-hydrogen) atoms. The van der Waals surface area contributed by atoms with Crippen LogP contribution in [0.2, 0.25) is 0 Å². The average Bonchev–Trinajstić information content (AvgIpc) is 2.42. The third-order valence-electron chi connectivity index (χ3n) is 4.47. The van der Waals surface area contributed by atoms with Crippen molar-refractivity contribution in [1.82, 2.24) is 10.3 Å². The molecule has 1 fully saturated rings. The molecule has 1 aliphatic heterocycles. The van der Waals surface area contributed by atoms with Crippen LogP contribution in [-0.4, -0.2) is 30.9 Å². The first kappa shape index (κ1) is 14.0. The number of aryl methyl sites for hydroxylation is 2. The summed E-state index contributed by atoms with van der Waals surface area (Å²) in [6, 6.07) is 6.30. The van der Waals surface area contributed by atoms with Gasteiger partial charge in [-0.1, -0.05) is 18.2 Å². The highest BCUT2D eigenvalue weighted by Gasteiger charge is 2.42. The molecule has 0 atom stereocenters. The number of hydrazine groups is 1. The Kier molecular flexibility index (Phi) is 3.92. The first-order chi connectivity index (χ1) is 8.99. The van der Waals surface area contributed by atoms with Crippen molar-refractivity contribution in [3.8, 4) is 0 Å². The van der Waals surface area contributed by atoms with Crippen LogP contribution in [0.3, 0.4) is 0 Å². The summed E-state index contributed by atoms with van der Waals surface area (Å²) < 4.78 is 0. The summed E-state index contributed by atoms with van der Waals surface area (Å²) >= 11 is 0. The van der Waals surface area contributed by atoms with Gasteiger partial charge in [0, 0.05) is 0 Å². The third-order valence-corrected chi connectivity index (χ3v) is 4.47. The van der Waals surface area contributed by atoms with Crippen molar-refractivity contribution in [1.29, 1.82) is 0 Å². The Morgan fingerprint density at radius 2 is 1.89 bits per heavy atom. The van der Waals surface area contributed by atoms with Crippen LogP contribution < -0.4 is 11.3 Å². The fraction of sp³-hybridized carbons (Fsp3) is 0.533. The maximum absolute atomic E-state index is 12.3. The minimum atomic E-state index is -0.472. The van der Waals surface area contributed by atoms with Crippen molar-refractivity contribution in [2.45, 2.75) is 32.1 Å². The van der Waals surface area contributed by atoms with Crippen LogP contribution in [0.1, 0.15) is 29.5 Å². The molecule has 1 aromatic rings. The van der Waals surface area contributed by atoms with Crippen LogP contribution in [0.5, 0.6) is 0 Å². The minimum absolute atomic E-state index is 0.0659. The number of hydrogen-bond acceptors (Lipinski definition) is 3. The van der Waals surface area contributed by atoms with Crippen LogP contribution >= 0.6 is 0 Å². The van der Waals surface area contributed by atoms with Crippen LogP contribution in [0.25, 0.3) is 0 Å². The predicted molar refractivity (Wildman–Crippen MR) is 76.7 cm³/mol. The molecule has 4 nitrogen and oxygen atoms in total. The zero-order valence-corrected chi connectivity index (χ0v) is 12.0. The second-order valence-electron chi connectivity index (χ2n) is 5.66. The monoisotopic (exact) mass is 261 g/mol. The summed E-state index contributed by atoms with van der Waals surface area (Å²) in [5, 5.41) is 0. The van der Waals surface area contributed by atoms with Gasteiger partial charge in [0.15, 0.2) is 0 Å². The van der Waals surface area contributed by atoms with Gasteiger partial charge in [0.2, 0.25) is 5.91 Å². The number of hydrogen-bond donors (Lipinski definition) is 2. The molecule has 1 heterocycles. The fourth-order valence-electron chi connectivity index (χ4n) is 2.82. The van der Waals surface area contributed by atoms with E-state index in [0.717, 1.165) is 31.5 Å². The Bertz CT molecular complexity index is 476.